The molecule has 1 aliphatic rings. The number of ketones is 1. The van der Waals surface area contributed by atoms with Crippen LogP contribution in [-0.4, -0.2) is 40.7 Å². The fourth-order valence-electron chi connectivity index (χ4n) is 3.46. The third kappa shape index (κ3) is 7.12. The predicted octanol–water partition coefficient (Wildman–Crippen LogP) is 5.73. The molecule has 1 unspecified atom stereocenters. The van der Waals surface area contributed by atoms with Gasteiger partial charge in [-0.3, -0.25) is 4.79 Å². The lowest BCUT2D eigenvalue weighted by Gasteiger charge is -2.39. The fourth-order valence-corrected chi connectivity index (χ4v) is 4.77. The van der Waals surface area contributed by atoms with Gasteiger partial charge in [0.15, 0.2) is 14.6 Å². The van der Waals surface area contributed by atoms with E-state index >= 15 is 0 Å². The maximum absolute atomic E-state index is 12.3. The van der Waals surface area contributed by atoms with Gasteiger partial charge in [0.05, 0.1) is 12.0 Å². The van der Waals surface area contributed by atoms with E-state index in [-0.39, 0.29) is 28.8 Å². The highest BCUT2D eigenvalue weighted by molar-refractivity contribution is 6.74. The summed E-state index contributed by atoms with van der Waals surface area (Å²) in [4.78, 5) is 12.3. The summed E-state index contributed by atoms with van der Waals surface area (Å²) in [5.74, 6) is 0.200. The highest BCUT2D eigenvalue weighted by Crippen LogP contribution is 2.38. The maximum atomic E-state index is 12.3. The first kappa shape index (κ1) is 24.5. The molecular weight excluding hydrogens is 356 g/mol. The number of hydrogen-bond donors (Lipinski definition) is 0. The van der Waals surface area contributed by atoms with Crippen LogP contribution in [0.5, 0.6) is 0 Å². The van der Waals surface area contributed by atoms with Crippen molar-refractivity contribution in [3.05, 3.63) is 12.2 Å². The van der Waals surface area contributed by atoms with Crippen molar-refractivity contribution >= 4 is 14.1 Å². The molecule has 5 heteroatoms. The number of carbonyl (C=O) groups is 1. The van der Waals surface area contributed by atoms with Gasteiger partial charge >= 0.3 is 0 Å². The Kier molecular flexibility index (Phi) is 9.90. The number of ether oxygens (including phenoxy) is 2. The molecular formula is C22H42O4Si. The number of allylic oxidation sites excluding steroid dienone is 1. The van der Waals surface area contributed by atoms with E-state index in [0.717, 1.165) is 12.8 Å². The minimum atomic E-state index is -1.84. The van der Waals surface area contributed by atoms with Crippen LogP contribution in [0.3, 0.4) is 0 Å². The van der Waals surface area contributed by atoms with Gasteiger partial charge in [-0.1, -0.05) is 59.1 Å². The average molecular weight is 399 g/mol. The van der Waals surface area contributed by atoms with Crippen molar-refractivity contribution in [2.45, 2.75) is 96.7 Å². The van der Waals surface area contributed by atoms with Gasteiger partial charge < -0.3 is 13.9 Å². The summed E-state index contributed by atoms with van der Waals surface area (Å²) >= 11 is 0. The lowest BCUT2D eigenvalue weighted by atomic mass is 9.93. The summed E-state index contributed by atoms with van der Waals surface area (Å²) < 4.78 is 17.5. The number of methoxy groups -OCH3 is 2. The van der Waals surface area contributed by atoms with Gasteiger partial charge in [-0.2, -0.15) is 0 Å². The lowest BCUT2D eigenvalue weighted by Crippen LogP contribution is -2.43. The molecule has 1 fully saturated rings. The second-order valence-electron chi connectivity index (χ2n) is 9.33. The van der Waals surface area contributed by atoms with Crippen LogP contribution in [0.15, 0.2) is 12.2 Å². The molecule has 0 spiro atoms. The first-order chi connectivity index (χ1) is 12.6. The third-order valence-corrected chi connectivity index (χ3v) is 10.7. The Hall–Kier alpha value is -0.493. The summed E-state index contributed by atoms with van der Waals surface area (Å²) in [5.41, 5.74) is 0. The van der Waals surface area contributed by atoms with Crippen LogP contribution < -0.4 is 0 Å². The molecule has 1 saturated carbocycles. The van der Waals surface area contributed by atoms with Crippen molar-refractivity contribution in [1.29, 1.82) is 0 Å². The van der Waals surface area contributed by atoms with E-state index in [2.05, 4.69) is 52.9 Å². The van der Waals surface area contributed by atoms with Crippen LogP contribution in [0.2, 0.25) is 18.1 Å². The summed E-state index contributed by atoms with van der Waals surface area (Å²) in [5, 5.41) is 0.187. The van der Waals surface area contributed by atoms with E-state index < -0.39 is 14.6 Å². The molecule has 0 N–H and O–H groups in total. The van der Waals surface area contributed by atoms with Gasteiger partial charge in [0.2, 0.25) is 0 Å². The number of hydrogen-bond acceptors (Lipinski definition) is 4. The largest absolute Gasteiger partial charge is 0.411 e. The Labute approximate surface area is 168 Å². The summed E-state index contributed by atoms with van der Waals surface area (Å²) in [7, 11) is 1.37. The van der Waals surface area contributed by atoms with Gasteiger partial charge in [-0.15, -0.1) is 0 Å². The molecule has 1 aliphatic carbocycles. The van der Waals surface area contributed by atoms with Crippen LogP contribution in [0.4, 0.5) is 0 Å². The van der Waals surface area contributed by atoms with E-state index in [1.165, 1.54) is 19.3 Å². The van der Waals surface area contributed by atoms with Crippen LogP contribution in [-0.2, 0) is 18.7 Å². The third-order valence-electron chi connectivity index (χ3n) is 6.23. The summed E-state index contributed by atoms with van der Waals surface area (Å²) in [6, 6.07) is 0. The zero-order chi connectivity index (χ0) is 20.7. The molecule has 0 saturated heterocycles. The quantitative estimate of drug-likeness (QED) is 0.193. The second kappa shape index (κ2) is 10.9. The Balaban J connectivity index is 2.91. The van der Waals surface area contributed by atoms with E-state index in [0.29, 0.717) is 6.42 Å². The molecule has 0 heterocycles. The molecule has 0 amide bonds. The van der Waals surface area contributed by atoms with Gasteiger partial charge in [-0.05, 0) is 36.9 Å². The number of carbonyl (C=O) groups excluding carboxylic acids is 1. The molecule has 4 nitrogen and oxygen atoms in total. The van der Waals surface area contributed by atoms with Crippen molar-refractivity contribution < 1.29 is 18.7 Å². The predicted molar refractivity (Wildman–Crippen MR) is 114 cm³/mol. The molecule has 27 heavy (non-hydrogen) atoms. The van der Waals surface area contributed by atoms with Crippen LogP contribution in [0.1, 0.15) is 66.2 Å². The first-order valence-corrected chi connectivity index (χ1v) is 13.4. The number of unbranched alkanes of at least 4 members (excludes halogenated alkanes) is 2. The van der Waals surface area contributed by atoms with Crippen molar-refractivity contribution in [3.63, 3.8) is 0 Å². The fraction of sp³-hybridized carbons (Fsp3) is 0.864. The Morgan fingerprint density at radius 3 is 2.33 bits per heavy atom. The molecule has 158 valence electrons. The van der Waals surface area contributed by atoms with Gasteiger partial charge in [0.25, 0.3) is 0 Å². The van der Waals surface area contributed by atoms with Gasteiger partial charge in [0.1, 0.15) is 5.78 Å². The van der Waals surface area contributed by atoms with Gasteiger partial charge in [0, 0.05) is 20.6 Å². The van der Waals surface area contributed by atoms with E-state index in [1.54, 1.807) is 14.2 Å². The zero-order valence-corrected chi connectivity index (χ0v) is 19.8. The molecule has 0 radical (unpaired) electrons. The van der Waals surface area contributed by atoms with Crippen LogP contribution in [0.25, 0.3) is 0 Å². The molecule has 1 rings (SSSR count). The Morgan fingerprint density at radius 2 is 1.81 bits per heavy atom. The topological polar surface area (TPSA) is 44.8 Å². The highest BCUT2D eigenvalue weighted by Gasteiger charge is 2.41. The normalized spacial score (nSPS) is 22.9. The molecule has 0 aromatic rings. The monoisotopic (exact) mass is 398 g/mol. The smallest absolute Gasteiger partial charge is 0.192 e. The van der Waals surface area contributed by atoms with Gasteiger partial charge in [-0.25, -0.2) is 0 Å². The van der Waals surface area contributed by atoms with E-state index in [1.807, 2.05) is 0 Å². The maximum Gasteiger partial charge on any atom is 0.192 e. The number of rotatable bonds is 11. The Morgan fingerprint density at radius 1 is 1.19 bits per heavy atom. The summed E-state index contributed by atoms with van der Waals surface area (Å²) in [6.07, 6.45) is 10.2. The standard InChI is InChI=1S/C22H42O4Si/c1-9-10-11-12-18(26-27(7,8)22(2,3)4)15-13-17-14-16-19(23)20(17)21(24-5)25-6/h13,15,17-18,20-21H,9-12,14,16H2,1-8H3/t17-,18?,20-/m1/s1. The lowest BCUT2D eigenvalue weighted by molar-refractivity contribution is -0.156. The van der Waals surface area contributed by atoms with E-state index in [9.17, 15) is 4.79 Å². The minimum absolute atomic E-state index is 0.123. The molecule has 3 atom stereocenters. The van der Waals surface area contributed by atoms with Crippen molar-refractivity contribution in [2.24, 2.45) is 11.8 Å². The molecule has 0 aromatic heterocycles. The van der Waals surface area contributed by atoms with Crippen LogP contribution in [0, 0.1) is 11.8 Å². The SMILES string of the molecule is CCCCCC(C=C[C@@H]1CCC(=O)[C@@H]1C(OC)OC)O[Si](C)(C)C(C)(C)C. The molecule has 0 aromatic carbocycles. The number of Topliss-reactive ketones (excluding diaryl/α,β-unsaturated/α-hetero) is 1. The minimum Gasteiger partial charge on any atom is -0.411 e. The van der Waals surface area contributed by atoms with E-state index in [4.69, 9.17) is 13.9 Å². The van der Waals surface area contributed by atoms with Crippen molar-refractivity contribution in [3.8, 4) is 0 Å². The van der Waals surface area contributed by atoms with Crippen molar-refractivity contribution in [1.82, 2.24) is 0 Å². The van der Waals surface area contributed by atoms with Crippen molar-refractivity contribution in [2.75, 3.05) is 14.2 Å². The average Bonchev–Trinajstić information content (AvgIpc) is 2.94. The first-order valence-electron chi connectivity index (χ1n) is 10.5. The van der Waals surface area contributed by atoms with Crippen LogP contribution >= 0.6 is 0 Å². The Bertz CT molecular complexity index is 477. The summed E-state index contributed by atoms with van der Waals surface area (Å²) in [6.45, 7) is 13.7. The highest BCUT2D eigenvalue weighted by atomic mass is 28.4. The molecule has 0 bridgehead atoms. The molecule has 0 aliphatic heterocycles. The second-order valence-corrected chi connectivity index (χ2v) is 14.1. The zero-order valence-electron chi connectivity index (χ0n) is 18.8.